The highest BCUT2D eigenvalue weighted by molar-refractivity contribution is 8.00. The third-order valence-corrected chi connectivity index (χ3v) is 4.08. The smallest absolute Gasteiger partial charge is 0.230 e. The summed E-state index contributed by atoms with van der Waals surface area (Å²) in [6.07, 6.45) is 2.16. The fourth-order valence-corrected chi connectivity index (χ4v) is 2.70. The zero-order valence-electron chi connectivity index (χ0n) is 12.7. The summed E-state index contributed by atoms with van der Waals surface area (Å²) in [7, 11) is 0. The normalized spacial score (nSPS) is 12.2. The van der Waals surface area contributed by atoms with Crippen LogP contribution in [0.5, 0.6) is 0 Å². The van der Waals surface area contributed by atoms with Crippen molar-refractivity contribution in [3.05, 3.63) is 29.8 Å². The van der Waals surface area contributed by atoms with Gasteiger partial charge in [-0.3, -0.25) is 4.79 Å². The van der Waals surface area contributed by atoms with Crippen molar-refractivity contribution in [3.63, 3.8) is 0 Å². The third kappa shape index (κ3) is 6.44. The molecular weight excluding hydrogens is 268 g/mol. The van der Waals surface area contributed by atoms with Crippen LogP contribution in [0, 0.1) is 0 Å². The summed E-state index contributed by atoms with van der Waals surface area (Å²) in [6, 6.07) is 8.75. The number of amides is 1. The topological polar surface area (TPSA) is 41.1 Å². The van der Waals surface area contributed by atoms with E-state index in [4.69, 9.17) is 0 Å². The highest BCUT2D eigenvalue weighted by Gasteiger charge is 2.06. The van der Waals surface area contributed by atoms with Crippen molar-refractivity contribution >= 4 is 17.7 Å². The summed E-state index contributed by atoms with van der Waals surface area (Å²) in [6.45, 7) is 8.13. The zero-order chi connectivity index (χ0) is 14.8. The van der Waals surface area contributed by atoms with Gasteiger partial charge in [-0.1, -0.05) is 32.4 Å². The predicted octanol–water partition coefficient (Wildman–Crippen LogP) is 3.37. The van der Waals surface area contributed by atoms with Gasteiger partial charge in [-0.2, -0.15) is 0 Å². The summed E-state index contributed by atoms with van der Waals surface area (Å²) in [5.41, 5.74) is 1.27. The Morgan fingerprint density at radius 2 is 2.15 bits per heavy atom. The minimum Gasteiger partial charge on any atom is -0.355 e. The lowest BCUT2D eigenvalue weighted by Crippen LogP contribution is -2.25. The molecule has 1 atom stereocenters. The SMILES string of the molecule is CCCCNC(=O)CSc1cccc(C(C)NCC)c1. The van der Waals surface area contributed by atoms with E-state index in [1.54, 1.807) is 11.8 Å². The van der Waals surface area contributed by atoms with Crippen molar-refractivity contribution in [1.82, 2.24) is 10.6 Å². The van der Waals surface area contributed by atoms with E-state index >= 15 is 0 Å². The maximum Gasteiger partial charge on any atom is 0.230 e. The van der Waals surface area contributed by atoms with Gasteiger partial charge in [0.2, 0.25) is 5.91 Å². The predicted molar refractivity (Wildman–Crippen MR) is 87.2 cm³/mol. The van der Waals surface area contributed by atoms with Gasteiger partial charge in [-0.15, -0.1) is 11.8 Å². The van der Waals surface area contributed by atoms with Gasteiger partial charge in [0.05, 0.1) is 5.75 Å². The van der Waals surface area contributed by atoms with Gasteiger partial charge >= 0.3 is 0 Å². The van der Waals surface area contributed by atoms with Crippen LogP contribution >= 0.6 is 11.8 Å². The van der Waals surface area contributed by atoms with Crippen molar-refractivity contribution in [1.29, 1.82) is 0 Å². The van der Waals surface area contributed by atoms with E-state index in [9.17, 15) is 4.79 Å². The fraction of sp³-hybridized carbons (Fsp3) is 0.562. The van der Waals surface area contributed by atoms with Gasteiger partial charge in [-0.05, 0) is 37.6 Å². The Bertz CT molecular complexity index is 409. The second-order valence-corrected chi connectivity index (χ2v) is 5.89. The molecule has 0 saturated carbocycles. The van der Waals surface area contributed by atoms with Crippen LogP contribution in [-0.4, -0.2) is 24.7 Å². The monoisotopic (exact) mass is 294 g/mol. The van der Waals surface area contributed by atoms with Crippen LogP contribution in [0.15, 0.2) is 29.2 Å². The lowest BCUT2D eigenvalue weighted by Gasteiger charge is -2.13. The molecular formula is C16H26N2OS. The molecule has 0 spiro atoms. The molecule has 4 heteroatoms. The molecule has 1 amide bonds. The Balaban J connectivity index is 2.44. The lowest BCUT2D eigenvalue weighted by atomic mass is 10.1. The van der Waals surface area contributed by atoms with E-state index in [1.807, 2.05) is 0 Å². The van der Waals surface area contributed by atoms with Crippen LogP contribution in [0.2, 0.25) is 0 Å². The molecule has 1 aromatic rings. The lowest BCUT2D eigenvalue weighted by molar-refractivity contribution is -0.118. The van der Waals surface area contributed by atoms with E-state index in [-0.39, 0.29) is 5.91 Å². The van der Waals surface area contributed by atoms with Gasteiger partial charge in [0, 0.05) is 17.5 Å². The first-order chi connectivity index (χ1) is 9.67. The summed E-state index contributed by atoms with van der Waals surface area (Å²) < 4.78 is 0. The number of unbranched alkanes of at least 4 members (excludes halogenated alkanes) is 1. The summed E-state index contributed by atoms with van der Waals surface area (Å²) in [4.78, 5) is 12.8. The van der Waals surface area contributed by atoms with Crippen molar-refractivity contribution in [2.75, 3.05) is 18.8 Å². The highest BCUT2D eigenvalue weighted by Crippen LogP contribution is 2.22. The number of benzene rings is 1. The average molecular weight is 294 g/mol. The maximum atomic E-state index is 11.7. The Labute approximate surface area is 126 Å². The largest absolute Gasteiger partial charge is 0.355 e. The molecule has 1 unspecified atom stereocenters. The Morgan fingerprint density at radius 1 is 1.35 bits per heavy atom. The van der Waals surface area contributed by atoms with Crippen LogP contribution < -0.4 is 10.6 Å². The van der Waals surface area contributed by atoms with Gasteiger partial charge in [-0.25, -0.2) is 0 Å². The van der Waals surface area contributed by atoms with Crippen LogP contribution in [0.25, 0.3) is 0 Å². The molecule has 0 saturated heterocycles. The molecule has 0 aromatic heterocycles. The maximum absolute atomic E-state index is 11.7. The quantitative estimate of drug-likeness (QED) is 0.542. The van der Waals surface area contributed by atoms with Gasteiger partial charge in [0.15, 0.2) is 0 Å². The summed E-state index contributed by atoms with van der Waals surface area (Å²) in [5.74, 6) is 0.608. The molecule has 2 N–H and O–H groups in total. The molecule has 1 aromatic carbocycles. The number of nitrogens with one attached hydrogen (secondary N) is 2. The van der Waals surface area contributed by atoms with E-state index < -0.39 is 0 Å². The van der Waals surface area contributed by atoms with Crippen LogP contribution in [-0.2, 0) is 4.79 Å². The molecule has 112 valence electrons. The Hall–Kier alpha value is -1.00. The summed E-state index contributed by atoms with van der Waals surface area (Å²) in [5, 5.41) is 6.34. The number of thioether (sulfide) groups is 1. The molecule has 1 rings (SSSR count). The van der Waals surface area contributed by atoms with E-state index in [1.165, 1.54) is 5.56 Å². The zero-order valence-corrected chi connectivity index (χ0v) is 13.6. The van der Waals surface area contributed by atoms with Gasteiger partial charge in [0.25, 0.3) is 0 Å². The van der Waals surface area contributed by atoms with Crippen molar-refractivity contribution < 1.29 is 4.79 Å². The molecule has 0 heterocycles. The first kappa shape index (κ1) is 17.1. The standard InChI is InChI=1S/C16H26N2OS/c1-4-6-10-18-16(19)12-20-15-9-7-8-14(11-15)13(3)17-5-2/h7-9,11,13,17H,4-6,10,12H2,1-3H3,(H,18,19). The van der Waals surface area contributed by atoms with E-state index in [0.29, 0.717) is 11.8 Å². The molecule has 0 aliphatic carbocycles. The first-order valence-electron chi connectivity index (χ1n) is 7.40. The fourth-order valence-electron chi connectivity index (χ4n) is 1.90. The number of carbonyl (C=O) groups is 1. The second kappa shape index (κ2) is 9.83. The molecule has 0 radical (unpaired) electrons. The van der Waals surface area contributed by atoms with Crippen LogP contribution in [0.4, 0.5) is 0 Å². The molecule has 0 aliphatic heterocycles. The van der Waals surface area contributed by atoms with E-state index in [0.717, 1.165) is 30.8 Å². The van der Waals surface area contributed by atoms with Crippen molar-refractivity contribution in [2.24, 2.45) is 0 Å². The molecule has 0 bridgehead atoms. The van der Waals surface area contributed by atoms with Crippen molar-refractivity contribution in [3.8, 4) is 0 Å². The first-order valence-corrected chi connectivity index (χ1v) is 8.38. The molecule has 3 nitrogen and oxygen atoms in total. The summed E-state index contributed by atoms with van der Waals surface area (Å²) >= 11 is 1.60. The number of hydrogen-bond acceptors (Lipinski definition) is 3. The Morgan fingerprint density at radius 3 is 2.85 bits per heavy atom. The van der Waals surface area contributed by atoms with Crippen LogP contribution in [0.1, 0.15) is 45.2 Å². The molecule has 0 fully saturated rings. The Kier molecular flexibility index (Phi) is 8.38. The minimum absolute atomic E-state index is 0.119. The van der Waals surface area contributed by atoms with Gasteiger partial charge < -0.3 is 10.6 Å². The highest BCUT2D eigenvalue weighted by atomic mass is 32.2. The van der Waals surface area contributed by atoms with E-state index in [2.05, 4.69) is 55.7 Å². The van der Waals surface area contributed by atoms with Gasteiger partial charge in [0.1, 0.15) is 0 Å². The van der Waals surface area contributed by atoms with Crippen LogP contribution in [0.3, 0.4) is 0 Å². The number of hydrogen-bond donors (Lipinski definition) is 2. The molecule has 0 aliphatic rings. The molecule has 20 heavy (non-hydrogen) atoms. The minimum atomic E-state index is 0.119. The number of carbonyl (C=O) groups excluding carboxylic acids is 1. The second-order valence-electron chi connectivity index (χ2n) is 4.84. The third-order valence-electron chi connectivity index (χ3n) is 3.09. The van der Waals surface area contributed by atoms with Crippen molar-refractivity contribution in [2.45, 2.75) is 44.6 Å². The average Bonchev–Trinajstić information content (AvgIpc) is 2.46. The number of rotatable bonds is 9.